The number of aliphatic imine (C=N–C) groups is 1. The summed E-state index contributed by atoms with van der Waals surface area (Å²) in [7, 11) is 0. The minimum atomic E-state index is 0. The summed E-state index contributed by atoms with van der Waals surface area (Å²) in [5.74, 6) is 1.95. The van der Waals surface area contributed by atoms with Crippen LogP contribution in [0.4, 0.5) is 5.69 Å². The first-order chi connectivity index (χ1) is 11.2. The molecule has 0 radical (unpaired) electrons. The number of guanidine groups is 1. The quantitative estimate of drug-likeness (QED) is 0.387. The lowest BCUT2D eigenvalue weighted by Crippen LogP contribution is -2.22. The number of hydrogen-bond acceptors (Lipinski definition) is 4. The first-order valence-electron chi connectivity index (χ1n) is 7.45. The fourth-order valence-corrected chi connectivity index (χ4v) is 2.26. The molecule has 0 fully saturated rings. The maximum absolute atomic E-state index is 9.43. The van der Waals surface area contributed by atoms with Gasteiger partial charge in [-0.15, -0.1) is 24.0 Å². The number of hydrogen-bond donors (Lipinski definition) is 3. The number of benzene rings is 2. The first-order valence-corrected chi connectivity index (χ1v) is 7.45. The maximum Gasteiger partial charge on any atom is 0.193 e. The molecule has 6 nitrogen and oxygen atoms in total. The minimum Gasteiger partial charge on any atom is -0.508 e. The van der Waals surface area contributed by atoms with E-state index < -0.39 is 0 Å². The van der Waals surface area contributed by atoms with Gasteiger partial charge >= 0.3 is 0 Å². The number of phenols is 1. The molecule has 2 aromatic carbocycles. The monoisotopic (exact) mass is 441 g/mol. The third kappa shape index (κ3) is 4.92. The number of fused-ring (bicyclic) bond motifs is 1. The summed E-state index contributed by atoms with van der Waals surface area (Å²) in [6.45, 7) is 1.68. The van der Waals surface area contributed by atoms with Gasteiger partial charge in [0.2, 0.25) is 0 Å². The Morgan fingerprint density at radius 3 is 2.71 bits per heavy atom. The topological polar surface area (TPSA) is 89.1 Å². The number of nitrogens with two attached hydrogens (primary N) is 1. The molecule has 2 aromatic rings. The molecular formula is C17H20IN3O3. The Hall–Kier alpha value is -2.16. The van der Waals surface area contributed by atoms with E-state index in [1.54, 1.807) is 18.2 Å². The number of rotatable bonds is 3. The SMILES string of the molecule is I.NC(=NCc1cccc(O)c1)Nc1ccc2c(c1)OCCCO2. The van der Waals surface area contributed by atoms with Gasteiger partial charge in [0.1, 0.15) is 5.75 Å². The standard InChI is InChI=1S/C17H19N3O3.HI/c18-17(19-11-12-3-1-4-14(21)9-12)20-13-5-6-15-16(10-13)23-8-2-7-22-15;/h1,3-6,9-10,21H,2,7-8,11H2,(H3,18,19,20);1H. The molecule has 0 bridgehead atoms. The number of anilines is 1. The zero-order valence-corrected chi connectivity index (χ0v) is 15.4. The zero-order chi connectivity index (χ0) is 16.1. The molecule has 128 valence electrons. The van der Waals surface area contributed by atoms with Gasteiger partial charge in [-0.3, -0.25) is 0 Å². The van der Waals surface area contributed by atoms with Crippen LogP contribution in [0.25, 0.3) is 0 Å². The summed E-state index contributed by atoms with van der Waals surface area (Å²) in [6.07, 6.45) is 0.866. The number of halogens is 1. The Morgan fingerprint density at radius 2 is 1.92 bits per heavy atom. The van der Waals surface area contributed by atoms with Crippen LogP contribution in [-0.4, -0.2) is 24.3 Å². The van der Waals surface area contributed by atoms with Gasteiger partial charge in [-0.1, -0.05) is 12.1 Å². The molecule has 0 aliphatic carbocycles. The second-order valence-corrected chi connectivity index (χ2v) is 5.21. The number of aromatic hydroxyl groups is 1. The summed E-state index contributed by atoms with van der Waals surface area (Å²) in [6, 6.07) is 12.5. The average molecular weight is 441 g/mol. The Kier molecular flexibility index (Phi) is 6.53. The van der Waals surface area contributed by atoms with Gasteiger partial charge < -0.3 is 25.6 Å². The molecule has 0 amide bonds. The third-order valence-corrected chi connectivity index (χ3v) is 3.36. The molecule has 1 aliphatic rings. The molecule has 0 unspecified atom stereocenters. The van der Waals surface area contributed by atoms with Crippen LogP contribution in [0.15, 0.2) is 47.5 Å². The largest absolute Gasteiger partial charge is 0.508 e. The predicted molar refractivity (Wildman–Crippen MR) is 105 cm³/mol. The van der Waals surface area contributed by atoms with Crippen molar-refractivity contribution in [1.82, 2.24) is 0 Å². The molecule has 1 heterocycles. The van der Waals surface area contributed by atoms with Gasteiger partial charge in [0.25, 0.3) is 0 Å². The molecule has 3 rings (SSSR count). The van der Waals surface area contributed by atoms with E-state index in [0.29, 0.717) is 31.5 Å². The smallest absolute Gasteiger partial charge is 0.193 e. The number of ether oxygens (including phenoxy) is 2. The molecule has 1 aliphatic heterocycles. The summed E-state index contributed by atoms with van der Waals surface area (Å²) >= 11 is 0. The third-order valence-electron chi connectivity index (χ3n) is 3.36. The van der Waals surface area contributed by atoms with Crippen LogP contribution in [-0.2, 0) is 6.54 Å². The van der Waals surface area contributed by atoms with Crippen molar-refractivity contribution in [2.24, 2.45) is 10.7 Å². The van der Waals surface area contributed by atoms with Crippen LogP contribution in [0, 0.1) is 0 Å². The van der Waals surface area contributed by atoms with E-state index >= 15 is 0 Å². The van der Waals surface area contributed by atoms with Crippen molar-refractivity contribution in [2.45, 2.75) is 13.0 Å². The first kappa shape index (κ1) is 18.2. The summed E-state index contributed by atoms with van der Waals surface area (Å²) < 4.78 is 11.2. The van der Waals surface area contributed by atoms with Gasteiger partial charge in [-0.05, 0) is 29.8 Å². The summed E-state index contributed by atoms with van der Waals surface area (Å²) in [5, 5.41) is 12.5. The highest BCUT2D eigenvalue weighted by molar-refractivity contribution is 14.0. The highest BCUT2D eigenvalue weighted by atomic mass is 127. The normalized spacial score (nSPS) is 13.6. The van der Waals surface area contributed by atoms with Crippen LogP contribution in [0.2, 0.25) is 0 Å². The van der Waals surface area contributed by atoms with Crippen LogP contribution in [0.5, 0.6) is 17.2 Å². The van der Waals surface area contributed by atoms with Crippen molar-refractivity contribution in [1.29, 1.82) is 0 Å². The van der Waals surface area contributed by atoms with Gasteiger partial charge in [-0.2, -0.15) is 0 Å². The molecule has 0 spiro atoms. The lowest BCUT2D eigenvalue weighted by Gasteiger charge is -2.10. The molecule has 24 heavy (non-hydrogen) atoms. The van der Waals surface area contributed by atoms with Crippen molar-refractivity contribution in [3.05, 3.63) is 48.0 Å². The van der Waals surface area contributed by atoms with Gasteiger partial charge in [0.15, 0.2) is 17.5 Å². The van der Waals surface area contributed by atoms with E-state index in [9.17, 15) is 5.11 Å². The van der Waals surface area contributed by atoms with Crippen LogP contribution in [0.3, 0.4) is 0 Å². The van der Waals surface area contributed by atoms with Crippen molar-refractivity contribution in [2.75, 3.05) is 18.5 Å². The summed E-state index contributed by atoms with van der Waals surface area (Å²) in [4.78, 5) is 4.26. The van der Waals surface area contributed by atoms with Crippen molar-refractivity contribution >= 4 is 35.6 Å². The lowest BCUT2D eigenvalue weighted by atomic mass is 10.2. The highest BCUT2D eigenvalue weighted by Gasteiger charge is 2.10. The van der Waals surface area contributed by atoms with Gasteiger partial charge in [-0.25, -0.2) is 4.99 Å². The lowest BCUT2D eigenvalue weighted by molar-refractivity contribution is 0.297. The Balaban J connectivity index is 0.00000208. The molecular weight excluding hydrogens is 421 g/mol. The molecule has 0 saturated heterocycles. The van der Waals surface area contributed by atoms with Crippen LogP contribution in [0.1, 0.15) is 12.0 Å². The highest BCUT2D eigenvalue weighted by Crippen LogP contribution is 2.32. The number of phenolic OH excluding ortho intramolecular Hbond substituents is 1. The zero-order valence-electron chi connectivity index (χ0n) is 13.1. The molecule has 0 saturated carbocycles. The minimum absolute atomic E-state index is 0. The van der Waals surface area contributed by atoms with E-state index in [-0.39, 0.29) is 29.7 Å². The molecule has 0 atom stereocenters. The van der Waals surface area contributed by atoms with Crippen molar-refractivity contribution in [3.8, 4) is 17.2 Å². The molecule has 0 aromatic heterocycles. The predicted octanol–water partition coefficient (Wildman–Crippen LogP) is 3.10. The summed E-state index contributed by atoms with van der Waals surface area (Å²) in [5.41, 5.74) is 7.57. The van der Waals surface area contributed by atoms with E-state index in [1.165, 1.54) is 0 Å². The number of nitrogens with zero attached hydrogens (tertiary/aromatic N) is 1. The molecule has 4 N–H and O–H groups in total. The van der Waals surface area contributed by atoms with Crippen LogP contribution >= 0.6 is 24.0 Å². The van der Waals surface area contributed by atoms with Crippen molar-refractivity contribution in [3.63, 3.8) is 0 Å². The number of nitrogens with one attached hydrogen (secondary N) is 1. The fraction of sp³-hybridized carbons (Fsp3) is 0.235. The Labute approximate surface area is 157 Å². The van der Waals surface area contributed by atoms with E-state index in [2.05, 4.69) is 10.3 Å². The van der Waals surface area contributed by atoms with Gasteiger partial charge in [0.05, 0.1) is 19.8 Å². The second kappa shape index (κ2) is 8.62. The van der Waals surface area contributed by atoms with E-state index in [1.807, 2.05) is 24.3 Å². The van der Waals surface area contributed by atoms with E-state index in [4.69, 9.17) is 15.2 Å². The van der Waals surface area contributed by atoms with E-state index in [0.717, 1.165) is 23.4 Å². The maximum atomic E-state index is 9.43. The Morgan fingerprint density at radius 1 is 1.12 bits per heavy atom. The molecule has 7 heteroatoms. The Bertz CT molecular complexity index is 722. The second-order valence-electron chi connectivity index (χ2n) is 5.21. The van der Waals surface area contributed by atoms with Crippen molar-refractivity contribution < 1.29 is 14.6 Å². The average Bonchev–Trinajstić information content (AvgIpc) is 2.78. The fourth-order valence-electron chi connectivity index (χ4n) is 2.26. The van der Waals surface area contributed by atoms with Crippen LogP contribution < -0.4 is 20.5 Å². The van der Waals surface area contributed by atoms with Gasteiger partial charge in [0, 0.05) is 18.2 Å².